The first-order chi connectivity index (χ1) is 13.3. The van der Waals surface area contributed by atoms with Crippen LogP contribution in [0.25, 0.3) is 11.1 Å². The van der Waals surface area contributed by atoms with Gasteiger partial charge in [0, 0.05) is 0 Å². The van der Waals surface area contributed by atoms with Gasteiger partial charge in [-0.15, -0.1) is 0 Å². The molecule has 0 radical (unpaired) electrons. The van der Waals surface area contributed by atoms with Gasteiger partial charge in [0.05, 0.1) is 0 Å². The lowest BCUT2D eigenvalue weighted by atomic mass is 9.98. The molecule has 0 aliphatic carbocycles. The van der Waals surface area contributed by atoms with E-state index in [1.165, 1.54) is 38.9 Å². The summed E-state index contributed by atoms with van der Waals surface area (Å²) in [5.74, 6) is 0. The molecule has 132 valence electrons. The molecule has 0 N–H and O–H groups in total. The van der Waals surface area contributed by atoms with Gasteiger partial charge in [0.15, 0.2) is 0 Å². The van der Waals surface area contributed by atoms with E-state index in [-0.39, 0.29) is 0 Å². The van der Waals surface area contributed by atoms with Gasteiger partial charge in [-0.2, -0.15) is 0 Å². The van der Waals surface area contributed by atoms with Gasteiger partial charge in [-0.1, -0.05) is 109 Å². The van der Waals surface area contributed by atoms with Gasteiger partial charge in [-0.25, -0.2) is 0 Å². The van der Waals surface area contributed by atoms with Crippen molar-refractivity contribution < 1.29 is 0 Å². The second kappa shape index (κ2) is 8.05. The molecule has 0 atom stereocenters. The van der Waals surface area contributed by atoms with Crippen molar-refractivity contribution in [1.29, 1.82) is 0 Å². The molecule has 4 aromatic carbocycles. The van der Waals surface area contributed by atoms with Crippen molar-refractivity contribution in [1.82, 2.24) is 0 Å². The molecule has 0 amide bonds. The Morgan fingerprint density at radius 3 is 1.22 bits per heavy atom. The molecule has 0 saturated carbocycles. The molecular weight excluding hydrogens is 324 g/mol. The molecule has 0 fully saturated rings. The molecule has 0 heterocycles. The van der Waals surface area contributed by atoms with Crippen molar-refractivity contribution in [3.05, 3.63) is 131 Å². The fourth-order valence-electron chi connectivity index (χ4n) is 3.40. The van der Waals surface area contributed by atoms with Crippen molar-refractivity contribution in [2.24, 2.45) is 0 Å². The maximum absolute atomic E-state index is 2.24. The normalized spacial score (nSPS) is 10.7. The lowest BCUT2D eigenvalue weighted by Gasteiger charge is -2.07. The fraction of sp³-hybridized carbons (Fsp3) is 0.111. The summed E-state index contributed by atoms with van der Waals surface area (Å²) in [6.45, 7) is 2.13. The number of aryl methyl sites for hydroxylation is 1. The second-order valence-electron chi connectivity index (χ2n) is 7.22. The van der Waals surface area contributed by atoms with Crippen LogP contribution >= 0.6 is 0 Å². The highest BCUT2D eigenvalue weighted by atomic mass is 14.1. The summed E-state index contributed by atoms with van der Waals surface area (Å²) in [7, 11) is 0. The maximum Gasteiger partial charge on any atom is -0.00258 e. The van der Waals surface area contributed by atoms with Crippen molar-refractivity contribution in [2.75, 3.05) is 0 Å². The van der Waals surface area contributed by atoms with Crippen molar-refractivity contribution in [3.63, 3.8) is 0 Å². The molecule has 0 bridgehead atoms. The van der Waals surface area contributed by atoms with E-state index in [9.17, 15) is 0 Å². The van der Waals surface area contributed by atoms with Gasteiger partial charge >= 0.3 is 0 Å². The summed E-state index contributed by atoms with van der Waals surface area (Å²) in [5, 5.41) is 0. The van der Waals surface area contributed by atoms with Crippen LogP contribution in [0.1, 0.15) is 27.8 Å². The molecule has 0 aliphatic heterocycles. The average molecular weight is 348 g/mol. The first kappa shape index (κ1) is 17.3. The summed E-state index contributed by atoms with van der Waals surface area (Å²) in [5.41, 5.74) is 9.26. The predicted octanol–water partition coefficient (Wildman–Crippen LogP) is 6.84. The molecule has 0 aliphatic rings. The molecule has 0 aromatic heterocycles. The highest BCUT2D eigenvalue weighted by molar-refractivity contribution is 5.64. The minimum absolute atomic E-state index is 0.983. The molecular formula is C27H24. The Morgan fingerprint density at radius 1 is 0.407 bits per heavy atom. The number of hydrogen-bond acceptors (Lipinski definition) is 0. The lowest BCUT2D eigenvalue weighted by Crippen LogP contribution is -1.89. The first-order valence-electron chi connectivity index (χ1n) is 9.54. The van der Waals surface area contributed by atoms with Crippen molar-refractivity contribution >= 4 is 0 Å². The van der Waals surface area contributed by atoms with E-state index in [2.05, 4.69) is 110 Å². The van der Waals surface area contributed by atoms with E-state index in [0.29, 0.717) is 0 Å². The number of rotatable bonds is 5. The van der Waals surface area contributed by atoms with Crippen LogP contribution in [0.5, 0.6) is 0 Å². The van der Waals surface area contributed by atoms with E-state index in [1.807, 2.05) is 0 Å². The molecule has 0 nitrogen and oxygen atoms in total. The van der Waals surface area contributed by atoms with Gasteiger partial charge in [0.2, 0.25) is 0 Å². The third-order valence-corrected chi connectivity index (χ3v) is 5.02. The fourth-order valence-corrected chi connectivity index (χ4v) is 3.40. The van der Waals surface area contributed by atoms with Crippen molar-refractivity contribution in [2.45, 2.75) is 19.8 Å². The van der Waals surface area contributed by atoms with E-state index in [1.54, 1.807) is 0 Å². The van der Waals surface area contributed by atoms with Gasteiger partial charge in [-0.3, -0.25) is 0 Å². The van der Waals surface area contributed by atoms with E-state index >= 15 is 0 Å². The largest absolute Gasteiger partial charge is 0.0622 e. The molecule has 0 unspecified atom stereocenters. The maximum atomic E-state index is 2.24. The summed E-state index contributed by atoms with van der Waals surface area (Å²) < 4.78 is 0. The molecule has 4 rings (SSSR count). The van der Waals surface area contributed by atoms with Gasteiger partial charge in [-0.05, 0) is 53.1 Å². The van der Waals surface area contributed by atoms with Crippen LogP contribution in [-0.2, 0) is 12.8 Å². The Bertz CT molecular complexity index is 977. The van der Waals surface area contributed by atoms with E-state index in [0.717, 1.165) is 12.8 Å². The highest BCUT2D eigenvalue weighted by Crippen LogP contribution is 2.22. The predicted molar refractivity (Wildman–Crippen MR) is 115 cm³/mol. The zero-order chi connectivity index (χ0) is 18.5. The minimum atomic E-state index is 0.983. The quantitative estimate of drug-likeness (QED) is 0.370. The van der Waals surface area contributed by atoms with Crippen LogP contribution in [0.3, 0.4) is 0 Å². The summed E-state index contributed by atoms with van der Waals surface area (Å²) in [6.07, 6.45) is 1.97. The molecule has 0 saturated heterocycles. The summed E-state index contributed by atoms with van der Waals surface area (Å²) >= 11 is 0. The Labute approximate surface area is 162 Å². The van der Waals surface area contributed by atoms with Crippen molar-refractivity contribution in [3.8, 4) is 11.1 Å². The van der Waals surface area contributed by atoms with E-state index in [4.69, 9.17) is 0 Å². The standard InChI is InChI=1S/C27H24/c1-21-7-9-23(10-8-21)20-25-13-17-27(18-14-25)26-15-11-24(12-16-26)19-22-5-3-2-4-6-22/h2-18H,19-20H2,1H3. The summed E-state index contributed by atoms with van der Waals surface area (Å²) in [4.78, 5) is 0. The van der Waals surface area contributed by atoms with E-state index < -0.39 is 0 Å². The van der Waals surface area contributed by atoms with Crippen LogP contribution < -0.4 is 0 Å². The smallest absolute Gasteiger partial charge is 0.00258 e. The Balaban J connectivity index is 1.44. The van der Waals surface area contributed by atoms with Gasteiger partial charge in [0.1, 0.15) is 0 Å². The lowest BCUT2D eigenvalue weighted by molar-refractivity contribution is 1.18. The van der Waals surface area contributed by atoms with Gasteiger partial charge < -0.3 is 0 Å². The monoisotopic (exact) mass is 348 g/mol. The molecule has 4 aromatic rings. The Hall–Kier alpha value is -3.12. The molecule has 27 heavy (non-hydrogen) atoms. The number of benzene rings is 4. The minimum Gasteiger partial charge on any atom is -0.0622 e. The van der Waals surface area contributed by atoms with Crippen LogP contribution in [0.15, 0.2) is 103 Å². The summed E-state index contributed by atoms with van der Waals surface area (Å²) in [6, 6.07) is 37.3. The molecule has 0 spiro atoms. The Kier molecular flexibility index (Phi) is 5.16. The zero-order valence-electron chi connectivity index (χ0n) is 15.7. The first-order valence-corrected chi connectivity index (χ1v) is 9.54. The van der Waals surface area contributed by atoms with Crippen LogP contribution in [-0.4, -0.2) is 0 Å². The Morgan fingerprint density at radius 2 is 0.778 bits per heavy atom. The molecule has 0 heteroatoms. The van der Waals surface area contributed by atoms with Gasteiger partial charge in [0.25, 0.3) is 0 Å². The van der Waals surface area contributed by atoms with Crippen LogP contribution in [0.4, 0.5) is 0 Å². The third-order valence-electron chi connectivity index (χ3n) is 5.02. The zero-order valence-corrected chi connectivity index (χ0v) is 15.7. The topological polar surface area (TPSA) is 0 Å². The highest BCUT2D eigenvalue weighted by Gasteiger charge is 2.01. The SMILES string of the molecule is Cc1ccc(Cc2ccc(-c3ccc(Cc4ccccc4)cc3)cc2)cc1. The van der Waals surface area contributed by atoms with Crippen LogP contribution in [0.2, 0.25) is 0 Å². The third kappa shape index (κ3) is 4.54. The second-order valence-corrected chi connectivity index (χ2v) is 7.22. The average Bonchev–Trinajstić information content (AvgIpc) is 2.72. The number of hydrogen-bond donors (Lipinski definition) is 0. The van der Waals surface area contributed by atoms with Crippen LogP contribution in [0, 0.1) is 6.92 Å².